The lowest BCUT2D eigenvalue weighted by Crippen LogP contribution is -2.39. The first-order valence-corrected chi connectivity index (χ1v) is 6.28. The molecule has 0 heterocycles. The second-order valence-electron chi connectivity index (χ2n) is 5.06. The number of hydrogen-bond acceptors (Lipinski definition) is 5. The quantitative estimate of drug-likeness (QED) is 0.583. The Morgan fingerprint density at radius 3 is 1.47 bits per heavy atom. The molecule has 0 rings (SSSR count). The highest BCUT2D eigenvalue weighted by molar-refractivity contribution is 7.51. The van der Waals surface area contributed by atoms with Crippen LogP contribution in [0.5, 0.6) is 0 Å². The SMILES string of the molecule is CC(C)(N)COP(N)(=O)OCC(C)(C)N. The summed E-state index contributed by atoms with van der Waals surface area (Å²) in [5.74, 6) is 0. The molecule has 0 atom stereocenters. The molecule has 0 aliphatic rings. The molecule has 0 saturated heterocycles. The second kappa shape index (κ2) is 4.91. The third-order valence-electron chi connectivity index (χ3n) is 1.23. The van der Waals surface area contributed by atoms with E-state index >= 15 is 0 Å². The van der Waals surface area contributed by atoms with Crippen LogP contribution in [0.1, 0.15) is 27.7 Å². The normalized spacial score (nSPS) is 14.3. The maximum Gasteiger partial charge on any atom is 0.402 e. The second-order valence-corrected chi connectivity index (χ2v) is 6.66. The molecule has 0 radical (unpaired) electrons. The summed E-state index contributed by atoms with van der Waals surface area (Å²) in [6, 6.07) is 0. The van der Waals surface area contributed by atoms with Crippen LogP contribution in [0.4, 0.5) is 0 Å². The molecule has 0 fully saturated rings. The average molecular weight is 239 g/mol. The van der Waals surface area contributed by atoms with Crippen LogP contribution in [0, 0.1) is 0 Å². The van der Waals surface area contributed by atoms with Crippen LogP contribution in [0.25, 0.3) is 0 Å². The van der Waals surface area contributed by atoms with Crippen molar-refractivity contribution >= 4 is 7.75 Å². The standard InChI is InChI=1S/C8H22N3O3P/c1-7(2,9)5-13-15(11,12)14-6-8(3,4)10/h5-6,9-10H2,1-4H3,(H2,11,12). The van der Waals surface area contributed by atoms with E-state index in [1.807, 2.05) is 0 Å². The van der Waals surface area contributed by atoms with E-state index < -0.39 is 18.8 Å². The minimum Gasteiger partial charge on any atom is -0.324 e. The fourth-order valence-electron chi connectivity index (χ4n) is 0.550. The first-order valence-electron chi connectivity index (χ1n) is 4.67. The summed E-state index contributed by atoms with van der Waals surface area (Å²) in [4.78, 5) is 0. The van der Waals surface area contributed by atoms with Crippen molar-refractivity contribution in [3.63, 3.8) is 0 Å². The first kappa shape index (κ1) is 15.0. The topological polar surface area (TPSA) is 114 Å². The zero-order chi connectivity index (χ0) is 12.3. The predicted octanol–water partition coefficient (Wildman–Crippen LogP) is 0.561. The Morgan fingerprint density at radius 1 is 1.00 bits per heavy atom. The van der Waals surface area contributed by atoms with Crippen LogP contribution in [-0.2, 0) is 13.6 Å². The summed E-state index contributed by atoms with van der Waals surface area (Å²) in [6.07, 6.45) is 0. The van der Waals surface area contributed by atoms with E-state index in [0.717, 1.165) is 0 Å². The molecule has 0 aromatic rings. The Kier molecular flexibility index (Phi) is 4.92. The van der Waals surface area contributed by atoms with Crippen LogP contribution in [0.15, 0.2) is 0 Å². The Balaban J connectivity index is 4.04. The largest absolute Gasteiger partial charge is 0.402 e. The Hall–Kier alpha value is 0.0300. The smallest absolute Gasteiger partial charge is 0.324 e. The Labute approximate surface area is 91.1 Å². The lowest BCUT2D eigenvalue weighted by Gasteiger charge is -2.24. The van der Waals surface area contributed by atoms with Crippen LogP contribution in [0.2, 0.25) is 0 Å². The van der Waals surface area contributed by atoms with E-state index in [-0.39, 0.29) is 13.2 Å². The molecule has 0 bridgehead atoms. The zero-order valence-corrected chi connectivity index (χ0v) is 10.7. The average Bonchev–Trinajstić information content (AvgIpc) is 1.96. The van der Waals surface area contributed by atoms with Crippen LogP contribution in [0.3, 0.4) is 0 Å². The first-order chi connectivity index (χ1) is 6.41. The van der Waals surface area contributed by atoms with Gasteiger partial charge in [-0.3, -0.25) is 9.05 Å². The van der Waals surface area contributed by atoms with Crippen LogP contribution >= 0.6 is 7.75 Å². The maximum atomic E-state index is 11.5. The van der Waals surface area contributed by atoms with E-state index in [0.29, 0.717) is 0 Å². The maximum absolute atomic E-state index is 11.5. The molecule has 0 aromatic heterocycles. The van der Waals surface area contributed by atoms with Gasteiger partial charge in [0, 0.05) is 11.1 Å². The molecule has 0 aliphatic heterocycles. The molecule has 6 nitrogen and oxygen atoms in total. The van der Waals surface area contributed by atoms with Crippen molar-refractivity contribution in [3.8, 4) is 0 Å². The van der Waals surface area contributed by atoms with Crippen LogP contribution < -0.4 is 17.0 Å². The highest BCUT2D eigenvalue weighted by Gasteiger charge is 2.25. The van der Waals surface area contributed by atoms with Gasteiger partial charge in [0.15, 0.2) is 0 Å². The van der Waals surface area contributed by atoms with Gasteiger partial charge in [0.25, 0.3) is 0 Å². The van der Waals surface area contributed by atoms with Gasteiger partial charge in [-0.15, -0.1) is 0 Å². The van der Waals surface area contributed by atoms with Crippen molar-refractivity contribution in [1.82, 2.24) is 0 Å². The predicted molar refractivity (Wildman–Crippen MR) is 60.2 cm³/mol. The summed E-state index contributed by atoms with van der Waals surface area (Å²) in [7, 11) is -3.55. The molecule has 15 heavy (non-hydrogen) atoms. The van der Waals surface area contributed by atoms with Crippen molar-refractivity contribution < 1.29 is 13.6 Å². The summed E-state index contributed by atoms with van der Waals surface area (Å²) in [5, 5.41) is 0. The molecule has 6 N–H and O–H groups in total. The highest BCUT2D eigenvalue weighted by Crippen LogP contribution is 2.40. The van der Waals surface area contributed by atoms with Crippen molar-refractivity contribution in [3.05, 3.63) is 0 Å². The van der Waals surface area contributed by atoms with Gasteiger partial charge in [-0.1, -0.05) is 0 Å². The molecular weight excluding hydrogens is 217 g/mol. The van der Waals surface area contributed by atoms with Crippen molar-refractivity contribution in [2.45, 2.75) is 38.8 Å². The van der Waals surface area contributed by atoms with E-state index in [2.05, 4.69) is 0 Å². The van der Waals surface area contributed by atoms with E-state index in [4.69, 9.17) is 26.0 Å². The molecular formula is C8H22N3O3P. The Morgan fingerprint density at radius 2 is 1.27 bits per heavy atom. The van der Waals surface area contributed by atoms with Gasteiger partial charge in [-0.25, -0.2) is 10.1 Å². The molecule has 0 amide bonds. The van der Waals surface area contributed by atoms with Crippen LogP contribution in [-0.4, -0.2) is 24.3 Å². The Bertz CT molecular complexity index is 222. The van der Waals surface area contributed by atoms with Gasteiger partial charge in [0.05, 0.1) is 13.2 Å². The lowest BCUT2D eigenvalue weighted by molar-refractivity contribution is 0.156. The van der Waals surface area contributed by atoms with Gasteiger partial charge in [-0.2, -0.15) is 0 Å². The summed E-state index contributed by atoms with van der Waals surface area (Å²) in [6.45, 7) is 7.07. The van der Waals surface area contributed by atoms with Crippen molar-refractivity contribution in [2.24, 2.45) is 17.0 Å². The highest BCUT2D eigenvalue weighted by atomic mass is 31.2. The minimum atomic E-state index is -3.55. The minimum absolute atomic E-state index is 0.0613. The van der Waals surface area contributed by atoms with Crippen molar-refractivity contribution in [1.29, 1.82) is 0 Å². The monoisotopic (exact) mass is 239 g/mol. The summed E-state index contributed by atoms with van der Waals surface area (Å²) in [5.41, 5.74) is 15.4. The fourth-order valence-corrected chi connectivity index (χ4v) is 1.65. The summed E-state index contributed by atoms with van der Waals surface area (Å²) < 4.78 is 21.4. The summed E-state index contributed by atoms with van der Waals surface area (Å²) >= 11 is 0. The number of nitrogens with two attached hydrogens (primary N) is 3. The molecule has 0 spiro atoms. The number of hydrogen-bond donors (Lipinski definition) is 3. The van der Waals surface area contributed by atoms with Gasteiger partial charge in [0.2, 0.25) is 0 Å². The van der Waals surface area contributed by atoms with Gasteiger partial charge >= 0.3 is 7.75 Å². The molecule has 0 unspecified atom stereocenters. The molecule has 0 saturated carbocycles. The van der Waals surface area contributed by atoms with E-state index in [9.17, 15) is 4.57 Å². The zero-order valence-electron chi connectivity index (χ0n) is 9.82. The molecule has 0 aromatic carbocycles. The number of rotatable bonds is 6. The third-order valence-corrected chi connectivity index (χ3v) is 2.21. The van der Waals surface area contributed by atoms with Gasteiger partial charge < -0.3 is 11.5 Å². The lowest BCUT2D eigenvalue weighted by atomic mass is 10.1. The molecule has 7 heteroatoms. The third kappa shape index (κ3) is 10.3. The molecule has 92 valence electrons. The fraction of sp³-hybridized carbons (Fsp3) is 1.00. The van der Waals surface area contributed by atoms with Crippen molar-refractivity contribution in [2.75, 3.05) is 13.2 Å². The van der Waals surface area contributed by atoms with E-state index in [1.165, 1.54) is 0 Å². The van der Waals surface area contributed by atoms with Gasteiger partial charge in [-0.05, 0) is 27.7 Å². The van der Waals surface area contributed by atoms with E-state index in [1.54, 1.807) is 27.7 Å². The molecule has 0 aliphatic carbocycles. The van der Waals surface area contributed by atoms with Gasteiger partial charge in [0.1, 0.15) is 0 Å².